The molecule has 2 atom stereocenters. The number of halogens is 3. The van der Waals surface area contributed by atoms with Crippen molar-refractivity contribution in [1.82, 2.24) is 25.1 Å². The summed E-state index contributed by atoms with van der Waals surface area (Å²) in [5, 5.41) is 9.28. The maximum absolute atomic E-state index is 12.6. The van der Waals surface area contributed by atoms with E-state index in [0.717, 1.165) is 18.8 Å². The molecule has 33 heavy (non-hydrogen) atoms. The molecule has 1 aliphatic heterocycles. The zero-order valence-electron chi connectivity index (χ0n) is 18.5. The molecular weight excluding hydrogens is 441 g/mol. The lowest BCUT2D eigenvalue weighted by Gasteiger charge is -2.18. The quantitative estimate of drug-likeness (QED) is 0.543. The third kappa shape index (κ3) is 6.98. The first-order valence-corrected chi connectivity index (χ1v) is 10.7. The van der Waals surface area contributed by atoms with Gasteiger partial charge in [-0.25, -0.2) is 15.1 Å². The van der Waals surface area contributed by atoms with Crippen LogP contribution in [-0.4, -0.2) is 63.3 Å². The van der Waals surface area contributed by atoms with E-state index in [-0.39, 0.29) is 36.5 Å². The molecule has 2 N–H and O–H groups in total. The van der Waals surface area contributed by atoms with Crippen molar-refractivity contribution in [2.24, 2.45) is 5.92 Å². The summed E-state index contributed by atoms with van der Waals surface area (Å²) >= 11 is 0. The molecule has 2 aromatic rings. The summed E-state index contributed by atoms with van der Waals surface area (Å²) < 4.78 is 43.4. The fraction of sp³-hybridized carbons (Fsp3) is 0.571. The van der Waals surface area contributed by atoms with Crippen molar-refractivity contribution in [2.75, 3.05) is 31.6 Å². The molecule has 12 heteroatoms. The number of likely N-dealkylation sites (tertiary alicyclic amines) is 1. The fourth-order valence-electron chi connectivity index (χ4n) is 3.58. The molecule has 180 valence electrons. The Bertz CT molecular complexity index is 996. The first kappa shape index (κ1) is 24.6. The van der Waals surface area contributed by atoms with Gasteiger partial charge in [0.2, 0.25) is 5.91 Å². The molecule has 9 nitrogen and oxygen atoms in total. The number of nitrogens with zero attached hydrogens (tertiary/aromatic N) is 4. The maximum Gasteiger partial charge on any atom is 0.419 e. The zero-order chi connectivity index (χ0) is 24.0. The third-order valence-corrected chi connectivity index (χ3v) is 5.48. The molecule has 3 heterocycles. The van der Waals surface area contributed by atoms with Crippen LogP contribution in [0.4, 0.5) is 18.9 Å². The second-order valence-corrected chi connectivity index (χ2v) is 8.19. The Kier molecular flexibility index (Phi) is 8.01. The Balaban J connectivity index is 1.36. The van der Waals surface area contributed by atoms with Gasteiger partial charge in [0.25, 0.3) is 5.56 Å². The van der Waals surface area contributed by atoms with Crippen LogP contribution in [-0.2, 0) is 22.1 Å². The van der Waals surface area contributed by atoms with Crippen LogP contribution in [0.3, 0.4) is 0 Å². The largest absolute Gasteiger partial charge is 0.419 e. The number of carbonyl (C=O) groups excluding carboxylic acids is 1. The number of aromatic amines is 1. The first-order valence-electron chi connectivity index (χ1n) is 10.7. The summed E-state index contributed by atoms with van der Waals surface area (Å²) in [7, 11) is 0. The van der Waals surface area contributed by atoms with Crippen molar-refractivity contribution in [3.8, 4) is 0 Å². The predicted octanol–water partition coefficient (Wildman–Crippen LogP) is 2.19. The minimum atomic E-state index is -4.46. The Morgan fingerprint density at radius 1 is 1.33 bits per heavy atom. The van der Waals surface area contributed by atoms with E-state index in [1.807, 2.05) is 6.92 Å². The van der Waals surface area contributed by atoms with E-state index >= 15 is 0 Å². The highest BCUT2D eigenvalue weighted by Crippen LogP contribution is 2.28. The Morgan fingerprint density at radius 2 is 2.06 bits per heavy atom. The maximum atomic E-state index is 12.6. The van der Waals surface area contributed by atoms with Gasteiger partial charge in [0.15, 0.2) is 0 Å². The van der Waals surface area contributed by atoms with Crippen molar-refractivity contribution >= 4 is 11.6 Å². The monoisotopic (exact) mass is 468 g/mol. The average Bonchev–Trinajstić information content (AvgIpc) is 3.23. The molecule has 1 fully saturated rings. The summed E-state index contributed by atoms with van der Waals surface area (Å²) in [6.45, 7) is 5.33. The van der Waals surface area contributed by atoms with Gasteiger partial charge in [0.1, 0.15) is 5.82 Å². The first-order chi connectivity index (χ1) is 15.6. The number of carbonyl (C=O) groups is 1. The molecule has 1 unspecified atom stereocenters. The highest BCUT2D eigenvalue weighted by Gasteiger charge is 2.32. The zero-order valence-corrected chi connectivity index (χ0v) is 18.5. The number of alkyl halides is 3. The summed E-state index contributed by atoms with van der Waals surface area (Å²) in [5.74, 6) is 0.431. The van der Waals surface area contributed by atoms with Crippen LogP contribution >= 0.6 is 0 Å². The topological polar surface area (TPSA) is 113 Å². The number of aromatic nitrogens is 4. The highest BCUT2D eigenvalue weighted by atomic mass is 19.4. The average molecular weight is 468 g/mol. The van der Waals surface area contributed by atoms with Crippen LogP contribution in [0.5, 0.6) is 0 Å². The van der Waals surface area contributed by atoms with Crippen LogP contribution in [0.1, 0.15) is 36.7 Å². The van der Waals surface area contributed by atoms with Gasteiger partial charge in [-0.05, 0) is 26.2 Å². The van der Waals surface area contributed by atoms with Crippen LogP contribution in [0.25, 0.3) is 0 Å². The van der Waals surface area contributed by atoms with E-state index in [2.05, 4.69) is 25.5 Å². The van der Waals surface area contributed by atoms with Crippen LogP contribution in [0.2, 0.25) is 0 Å². The number of anilines is 1. The van der Waals surface area contributed by atoms with E-state index < -0.39 is 11.7 Å². The molecule has 0 saturated carbocycles. The van der Waals surface area contributed by atoms with Crippen molar-refractivity contribution < 1.29 is 22.7 Å². The molecule has 0 bridgehead atoms. The van der Waals surface area contributed by atoms with Gasteiger partial charge in [-0.1, -0.05) is 0 Å². The molecular formula is C21H27F3N6O3. The van der Waals surface area contributed by atoms with Gasteiger partial charge in [0.05, 0.1) is 37.1 Å². The highest BCUT2D eigenvalue weighted by molar-refractivity contribution is 5.76. The van der Waals surface area contributed by atoms with Crippen LogP contribution < -0.4 is 10.9 Å². The molecule has 0 radical (unpaired) electrons. The fourth-order valence-corrected chi connectivity index (χ4v) is 3.58. The van der Waals surface area contributed by atoms with Crippen LogP contribution in [0, 0.1) is 12.8 Å². The predicted molar refractivity (Wildman–Crippen MR) is 114 cm³/mol. The van der Waals surface area contributed by atoms with E-state index in [4.69, 9.17) is 4.74 Å². The molecule has 1 saturated heterocycles. The minimum Gasteiger partial charge on any atom is -0.379 e. The molecule has 0 aromatic carbocycles. The lowest BCUT2D eigenvalue weighted by atomic mass is 10.0. The van der Waals surface area contributed by atoms with Crippen LogP contribution in [0.15, 0.2) is 23.4 Å². The van der Waals surface area contributed by atoms with Gasteiger partial charge in [0, 0.05) is 43.5 Å². The number of H-pyrrole nitrogens is 1. The van der Waals surface area contributed by atoms with Gasteiger partial charge in [-0.15, -0.1) is 0 Å². The van der Waals surface area contributed by atoms with Crippen molar-refractivity contribution in [3.05, 3.63) is 45.9 Å². The second-order valence-electron chi connectivity index (χ2n) is 8.19. The van der Waals surface area contributed by atoms with E-state index in [9.17, 15) is 22.8 Å². The molecule has 1 aliphatic rings. The summed E-state index contributed by atoms with van der Waals surface area (Å²) in [6, 6.07) is -0.0812. The van der Waals surface area contributed by atoms with Crippen molar-refractivity contribution in [3.63, 3.8) is 0 Å². The Hall–Kier alpha value is -3.02. The number of hydrogen-bond donors (Lipinski definition) is 2. The van der Waals surface area contributed by atoms with E-state index in [1.54, 1.807) is 11.8 Å². The second kappa shape index (κ2) is 10.7. The Labute approximate surface area is 188 Å². The van der Waals surface area contributed by atoms with Gasteiger partial charge in [-0.3, -0.25) is 9.59 Å². The number of ether oxygens (including phenoxy) is 1. The standard InChI is InChI=1S/C21H27F3N6O3/c1-13(28-17-10-27-29-20(32)14(17)2)12-33-6-4-19(31)30-5-3-15(11-30)7-18-25-8-16(9-26-18)21(22,23)24/h8-10,13,15H,3-7,11-12H2,1-2H3,(H2,28,29,32)/t13-,15?/m0/s1. The third-order valence-electron chi connectivity index (χ3n) is 5.48. The van der Waals surface area contributed by atoms with Crippen molar-refractivity contribution in [1.29, 1.82) is 0 Å². The molecule has 0 aliphatic carbocycles. The summed E-state index contributed by atoms with van der Waals surface area (Å²) in [6.07, 6.45) is 0.0852. The number of hydrogen-bond acceptors (Lipinski definition) is 7. The lowest BCUT2D eigenvalue weighted by Crippen LogP contribution is -2.30. The molecule has 2 aromatic heterocycles. The smallest absolute Gasteiger partial charge is 0.379 e. The van der Waals surface area contributed by atoms with Gasteiger partial charge < -0.3 is 15.0 Å². The normalized spacial score (nSPS) is 17.2. The SMILES string of the molecule is Cc1c(N[C@@H](C)COCCC(=O)N2CCC(Cc3ncc(C(F)(F)F)cn3)C2)cn[nH]c1=O. The van der Waals surface area contributed by atoms with E-state index in [1.165, 1.54) is 6.20 Å². The Morgan fingerprint density at radius 3 is 2.76 bits per heavy atom. The van der Waals surface area contributed by atoms with Gasteiger partial charge in [-0.2, -0.15) is 18.3 Å². The minimum absolute atomic E-state index is 0.0268. The van der Waals surface area contributed by atoms with E-state index in [0.29, 0.717) is 43.2 Å². The summed E-state index contributed by atoms with van der Waals surface area (Å²) in [4.78, 5) is 33.4. The number of nitrogens with one attached hydrogen (secondary N) is 2. The number of rotatable bonds is 9. The summed E-state index contributed by atoms with van der Waals surface area (Å²) in [5.41, 5.74) is 0.0408. The number of amides is 1. The van der Waals surface area contributed by atoms with Crippen molar-refractivity contribution in [2.45, 2.75) is 45.3 Å². The lowest BCUT2D eigenvalue weighted by molar-refractivity contribution is -0.138. The van der Waals surface area contributed by atoms with Gasteiger partial charge >= 0.3 is 6.18 Å². The molecule has 1 amide bonds. The molecule has 3 rings (SSSR count). The molecule has 0 spiro atoms.